The number of hydrogen-bond acceptors (Lipinski definition) is 2. The quantitative estimate of drug-likeness (QED) is 0.622. The third-order valence-electron chi connectivity index (χ3n) is 1.59. The number of aliphatic hydroxyl groups is 1. The van der Waals surface area contributed by atoms with Gasteiger partial charge in [-0.05, 0) is 24.6 Å². The maximum absolute atomic E-state index is 8.94. The Morgan fingerprint density at radius 3 is 2.92 bits per heavy atom. The standard InChI is InChI=1S/C11H13NO/c1-9(13)5-6-10-3-2-4-11(7-10)8-12/h2-4,7,9,13H,8,12H2,1H3. The van der Waals surface area contributed by atoms with Gasteiger partial charge in [-0.3, -0.25) is 0 Å². The normalized spacial score (nSPS) is 11.6. The van der Waals surface area contributed by atoms with E-state index in [4.69, 9.17) is 10.8 Å². The van der Waals surface area contributed by atoms with Crippen molar-refractivity contribution in [2.75, 3.05) is 0 Å². The van der Waals surface area contributed by atoms with E-state index >= 15 is 0 Å². The van der Waals surface area contributed by atoms with Gasteiger partial charge in [0.2, 0.25) is 0 Å². The predicted octanol–water partition coefficient (Wildman–Crippen LogP) is 0.878. The lowest BCUT2D eigenvalue weighted by Crippen LogP contribution is -1.96. The first-order valence-corrected chi connectivity index (χ1v) is 4.21. The molecule has 0 aliphatic rings. The van der Waals surface area contributed by atoms with E-state index in [1.165, 1.54) is 0 Å². The smallest absolute Gasteiger partial charge is 0.112 e. The number of benzene rings is 1. The molecule has 2 heteroatoms. The molecule has 13 heavy (non-hydrogen) atoms. The number of rotatable bonds is 1. The van der Waals surface area contributed by atoms with Crippen LogP contribution in [0.3, 0.4) is 0 Å². The van der Waals surface area contributed by atoms with Gasteiger partial charge in [0.15, 0.2) is 0 Å². The summed E-state index contributed by atoms with van der Waals surface area (Å²) >= 11 is 0. The van der Waals surface area contributed by atoms with Gasteiger partial charge in [0.25, 0.3) is 0 Å². The molecule has 0 aromatic heterocycles. The van der Waals surface area contributed by atoms with Crippen LogP contribution < -0.4 is 5.73 Å². The fourth-order valence-electron chi connectivity index (χ4n) is 0.964. The molecule has 3 N–H and O–H groups in total. The molecular formula is C11H13NO. The minimum Gasteiger partial charge on any atom is -0.381 e. The maximum atomic E-state index is 8.94. The van der Waals surface area contributed by atoms with E-state index in [9.17, 15) is 0 Å². The molecule has 0 saturated carbocycles. The van der Waals surface area contributed by atoms with E-state index in [1.54, 1.807) is 6.92 Å². The number of nitrogens with two attached hydrogens (primary N) is 1. The number of hydrogen-bond donors (Lipinski definition) is 2. The summed E-state index contributed by atoms with van der Waals surface area (Å²) in [5.41, 5.74) is 7.42. The Morgan fingerprint density at radius 2 is 2.31 bits per heavy atom. The van der Waals surface area contributed by atoms with Crippen molar-refractivity contribution in [3.05, 3.63) is 35.4 Å². The van der Waals surface area contributed by atoms with E-state index in [0.717, 1.165) is 11.1 Å². The molecule has 1 unspecified atom stereocenters. The average Bonchev–Trinajstić information content (AvgIpc) is 2.15. The molecule has 0 fully saturated rings. The molecule has 0 aliphatic carbocycles. The lowest BCUT2D eigenvalue weighted by Gasteiger charge is -1.96. The first-order chi connectivity index (χ1) is 6.22. The van der Waals surface area contributed by atoms with Gasteiger partial charge >= 0.3 is 0 Å². The lowest BCUT2D eigenvalue weighted by molar-refractivity contribution is 0.253. The van der Waals surface area contributed by atoms with Crippen molar-refractivity contribution in [2.45, 2.75) is 19.6 Å². The monoisotopic (exact) mass is 175 g/mol. The summed E-state index contributed by atoms with van der Waals surface area (Å²) in [6.07, 6.45) is -0.582. The molecule has 2 nitrogen and oxygen atoms in total. The van der Waals surface area contributed by atoms with Crippen molar-refractivity contribution in [2.24, 2.45) is 5.73 Å². The van der Waals surface area contributed by atoms with Crippen LogP contribution in [0.5, 0.6) is 0 Å². The molecule has 1 rings (SSSR count). The van der Waals surface area contributed by atoms with Crippen molar-refractivity contribution in [1.29, 1.82) is 0 Å². The Labute approximate surface area is 78.4 Å². The minimum absolute atomic E-state index is 0.518. The van der Waals surface area contributed by atoms with Gasteiger partial charge < -0.3 is 10.8 Å². The van der Waals surface area contributed by atoms with Crippen molar-refractivity contribution in [3.63, 3.8) is 0 Å². The molecule has 0 spiro atoms. The zero-order chi connectivity index (χ0) is 9.68. The van der Waals surface area contributed by atoms with Gasteiger partial charge in [0.05, 0.1) is 0 Å². The molecule has 1 atom stereocenters. The summed E-state index contributed by atoms with van der Waals surface area (Å²) in [7, 11) is 0. The highest BCUT2D eigenvalue weighted by Gasteiger charge is 1.90. The van der Waals surface area contributed by atoms with E-state index in [-0.39, 0.29) is 0 Å². The van der Waals surface area contributed by atoms with Crippen molar-refractivity contribution >= 4 is 0 Å². The predicted molar refractivity (Wildman–Crippen MR) is 52.9 cm³/mol. The number of aliphatic hydroxyl groups excluding tert-OH is 1. The van der Waals surface area contributed by atoms with Crippen LogP contribution in [0.1, 0.15) is 18.1 Å². The highest BCUT2D eigenvalue weighted by atomic mass is 16.3. The van der Waals surface area contributed by atoms with Crippen LogP contribution in [0.25, 0.3) is 0 Å². The SMILES string of the molecule is CC(O)C#Cc1cccc(CN)c1. The second-order valence-corrected chi connectivity index (χ2v) is 2.85. The molecular weight excluding hydrogens is 162 g/mol. The first-order valence-electron chi connectivity index (χ1n) is 4.21. The highest BCUT2D eigenvalue weighted by molar-refractivity contribution is 5.37. The highest BCUT2D eigenvalue weighted by Crippen LogP contribution is 2.02. The molecule has 0 amide bonds. The van der Waals surface area contributed by atoms with Gasteiger partial charge in [-0.15, -0.1) is 0 Å². The maximum Gasteiger partial charge on any atom is 0.112 e. The molecule has 0 radical (unpaired) electrons. The molecule has 1 aromatic carbocycles. The Kier molecular flexibility index (Phi) is 3.51. The van der Waals surface area contributed by atoms with Crippen molar-refractivity contribution in [1.82, 2.24) is 0 Å². The van der Waals surface area contributed by atoms with Gasteiger partial charge in [-0.25, -0.2) is 0 Å². The Balaban J connectivity index is 2.85. The summed E-state index contributed by atoms with van der Waals surface area (Å²) in [5, 5.41) is 8.94. The second-order valence-electron chi connectivity index (χ2n) is 2.85. The zero-order valence-electron chi connectivity index (χ0n) is 7.62. The Hall–Kier alpha value is -1.30. The fourth-order valence-corrected chi connectivity index (χ4v) is 0.964. The van der Waals surface area contributed by atoms with Crippen molar-refractivity contribution in [3.8, 4) is 11.8 Å². The van der Waals surface area contributed by atoms with Gasteiger partial charge in [0, 0.05) is 12.1 Å². The van der Waals surface area contributed by atoms with Crippen LogP contribution in [0.15, 0.2) is 24.3 Å². The molecule has 0 aliphatic heterocycles. The average molecular weight is 175 g/mol. The first kappa shape index (κ1) is 9.79. The topological polar surface area (TPSA) is 46.2 Å². The van der Waals surface area contributed by atoms with Crippen LogP contribution in [-0.4, -0.2) is 11.2 Å². The fraction of sp³-hybridized carbons (Fsp3) is 0.273. The van der Waals surface area contributed by atoms with Crippen LogP contribution >= 0.6 is 0 Å². The summed E-state index contributed by atoms with van der Waals surface area (Å²) in [6.45, 7) is 2.16. The minimum atomic E-state index is -0.582. The zero-order valence-corrected chi connectivity index (χ0v) is 7.62. The Bertz CT molecular complexity index is 333. The van der Waals surface area contributed by atoms with E-state index < -0.39 is 6.10 Å². The Morgan fingerprint density at radius 1 is 1.54 bits per heavy atom. The van der Waals surface area contributed by atoms with Crippen molar-refractivity contribution < 1.29 is 5.11 Å². The second kappa shape index (κ2) is 4.66. The summed E-state index contributed by atoms with van der Waals surface area (Å²) in [4.78, 5) is 0. The molecule has 0 bridgehead atoms. The lowest BCUT2D eigenvalue weighted by atomic mass is 10.1. The summed E-state index contributed by atoms with van der Waals surface area (Å²) in [6, 6.07) is 7.69. The van der Waals surface area contributed by atoms with Crippen LogP contribution in [0.2, 0.25) is 0 Å². The molecule has 0 saturated heterocycles. The van der Waals surface area contributed by atoms with Gasteiger partial charge in [0.1, 0.15) is 6.10 Å². The van der Waals surface area contributed by atoms with Gasteiger partial charge in [-0.1, -0.05) is 24.0 Å². The van der Waals surface area contributed by atoms with Crippen LogP contribution in [-0.2, 0) is 6.54 Å². The largest absolute Gasteiger partial charge is 0.381 e. The van der Waals surface area contributed by atoms with Crippen LogP contribution in [0.4, 0.5) is 0 Å². The van der Waals surface area contributed by atoms with E-state index in [1.807, 2.05) is 24.3 Å². The molecule has 0 heterocycles. The van der Waals surface area contributed by atoms with Gasteiger partial charge in [-0.2, -0.15) is 0 Å². The summed E-state index contributed by atoms with van der Waals surface area (Å²) in [5.74, 6) is 5.54. The van der Waals surface area contributed by atoms with E-state index in [2.05, 4.69) is 11.8 Å². The molecule has 1 aromatic rings. The molecule has 68 valence electrons. The summed E-state index contributed by atoms with van der Waals surface area (Å²) < 4.78 is 0. The van der Waals surface area contributed by atoms with E-state index in [0.29, 0.717) is 6.54 Å². The third kappa shape index (κ3) is 3.29. The third-order valence-corrected chi connectivity index (χ3v) is 1.59. The van der Waals surface area contributed by atoms with Crippen LogP contribution in [0, 0.1) is 11.8 Å².